The molecule has 0 aliphatic heterocycles. The maximum absolute atomic E-state index is 12.0. The topological polar surface area (TPSA) is 84.7 Å². The number of aryl methyl sites for hydroxylation is 1. The molecule has 7 nitrogen and oxygen atoms in total. The minimum atomic E-state index is -0.0860. The molecule has 0 atom stereocenters. The smallest absolute Gasteiger partial charge is 0.239 e. The van der Waals surface area contributed by atoms with E-state index >= 15 is 0 Å². The lowest BCUT2D eigenvalue weighted by molar-refractivity contribution is -0.119. The average Bonchev–Trinajstić information content (AvgIpc) is 3.14. The molecule has 2 aromatic carbocycles. The van der Waals surface area contributed by atoms with E-state index in [1.807, 2.05) is 37.3 Å². The third kappa shape index (κ3) is 4.54. The van der Waals surface area contributed by atoms with Crippen LogP contribution in [0.4, 0.5) is 5.69 Å². The van der Waals surface area contributed by atoms with Gasteiger partial charge in [0, 0.05) is 17.3 Å². The highest BCUT2D eigenvalue weighted by molar-refractivity contribution is 6.30. The molecule has 0 bridgehead atoms. The molecule has 0 aliphatic carbocycles. The number of halogens is 1. The number of nitrogens with one attached hydrogen (secondary N) is 2. The Bertz CT molecular complexity index is 848. The monoisotopic (exact) mass is 356 g/mol. The highest BCUT2D eigenvalue weighted by atomic mass is 35.5. The predicted octanol–water partition coefficient (Wildman–Crippen LogP) is 2.35. The standard InChI is InChI=1S/C17H17ClN6O/c1-12-8-15(6-7-16(12)24-11-21-22-23-24)19-10-17(25)20-9-13-2-4-14(18)5-3-13/h2-8,11,19H,9-10H2,1H3,(H,20,25). The number of anilines is 1. The molecule has 25 heavy (non-hydrogen) atoms. The fraction of sp³-hybridized carbons (Fsp3) is 0.176. The number of rotatable bonds is 6. The molecular weight excluding hydrogens is 340 g/mol. The highest BCUT2D eigenvalue weighted by Crippen LogP contribution is 2.17. The van der Waals surface area contributed by atoms with Crippen molar-refractivity contribution in [1.29, 1.82) is 0 Å². The van der Waals surface area contributed by atoms with Gasteiger partial charge in [-0.15, -0.1) is 5.10 Å². The van der Waals surface area contributed by atoms with Crippen LogP contribution in [0, 0.1) is 6.92 Å². The summed E-state index contributed by atoms with van der Waals surface area (Å²) in [6.45, 7) is 2.62. The van der Waals surface area contributed by atoms with Crippen molar-refractivity contribution < 1.29 is 4.79 Å². The molecule has 0 radical (unpaired) electrons. The first kappa shape index (κ1) is 16.9. The van der Waals surface area contributed by atoms with Crippen LogP contribution in [-0.2, 0) is 11.3 Å². The Hall–Kier alpha value is -2.93. The Morgan fingerprint density at radius 2 is 2.00 bits per heavy atom. The number of aromatic nitrogens is 4. The van der Waals surface area contributed by atoms with E-state index < -0.39 is 0 Å². The molecule has 8 heteroatoms. The van der Waals surface area contributed by atoms with Crippen LogP contribution in [0.3, 0.4) is 0 Å². The van der Waals surface area contributed by atoms with Crippen molar-refractivity contribution in [2.75, 3.05) is 11.9 Å². The minimum absolute atomic E-state index is 0.0860. The first-order valence-corrected chi connectivity index (χ1v) is 8.08. The van der Waals surface area contributed by atoms with Gasteiger partial charge in [0.25, 0.3) is 0 Å². The van der Waals surface area contributed by atoms with Gasteiger partial charge in [-0.3, -0.25) is 4.79 Å². The van der Waals surface area contributed by atoms with Gasteiger partial charge >= 0.3 is 0 Å². The Kier molecular flexibility index (Phi) is 5.25. The molecule has 2 N–H and O–H groups in total. The zero-order chi connectivity index (χ0) is 17.6. The summed E-state index contributed by atoms with van der Waals surface area (Å²) in [5, 5.41) is 17.8. The van der Waals surface area contributed by atoms with E-state index in [0.717, 1.165) is 22.5 Å². The molecular formula is C17H17ClN6O. The predicted molar refractivity (Wildman–Crippen MR) is 95.7 cm³/mol. The quantitative estimate of drug-likeness (QED) is 0.708. The van der Waals surface area contributed by atoms with Crippen LogP contribution in [0.25, 0.3) is 5.69 Å². The molecule has 0 saturated carbocycles. The first-order chi connectivity index (χ1) is 12.1. The number of carbonyl (C=O) groups excluding carboxylic acids is 1. The highest BCUT2D eigenvalue weighted by Gasteiger charge is 2.05. The minimum Gasteiger partial charge on any atom is -0.376 e. The van der Waals surface area contributed by atoms with Crippen LogP contribution < -0.4 is 10.6 Å². The number of amides is 1. The third-order valence-electron chi connectivity index (χ3n) is 3.65. The summed E-state index contributed by atoms with van der Waals surface area (Å²) in [5.74, 6) is -0.0860. The van der Waals surface area contributed by atoms with Crippen LogP contribution >= 0.6 is 11.6 Å². The number of benzene rings is 2. The molecule has 0 spiro atoms. The van der Waals surface area contributed by atoms with E-state index in [4.69, 9.17) is 11.6 Å². The lowest BCUT2D eigenvalue weighted by Crippen LogP contribution is -2.29. The summed E-state index contributed by atoms with van der Waals surface area (Å²) >= 11 is 5.84. The Labute approximate surface area is 150 Å². The number of carbonyl (C=O) groups is 1. The number of nitrogens with zero attached hydrogens (tertiary/aromatic N) is 4. The Balaban J connectivity index is 1.52. The SMILES string of the molecule is Cc1cc(NCC(=O)NCc2ccc(Cl)cc2)ccc1-n1cnnn1. The summed E-state index contributed by atoms with van der Waals surface area (Å²) in [6.07, 6.45) is 1.54. The second-order valence-corrected chi connectivity index (χ2v) is 5.95. The maximum atomic E-state index is 12.0. The Morgan fingerprint density at radius 1 is 1.20 bits per heavy atom. The van der Waals surface area contributed by atoms with Crippen molar-refractivity contribution in [3.05, 3.63) is 64.9 Å². The zero-order valence-corrected chi connectivity index (χ0v) is 14.4. The van der Waals surface area contributed by atoms with Gasteiger partial charge in [-0.25, -0.2) is 4.68 Å². The van der Waals surface area contributed by atoms with Crippen LogP contribution in [0.15, 0.2) is 48.8 Å². The molecule has 0 unspecified atom stereocenters. The fourth-order valence-corrected chi connectivity index (χ4v) is 2.47. The van der Waals surface area contributed by atoms with Gasteiger partial charge in [0.15, 0.2) is 0 Å². The molecule has 0 aliphatic rings. The van der Waals surface area contributed by atoms with E-state index in [9.17, 15) is 4.79 Å². The average molecular weight is 357 g/mol. The van der Waals surface area contributed by atoms with Gasteiger partial charge < -0.3 is 10.6 Å². The van der Waals surface area contributed by atoms with E-state index in [0.29, 0.717) is 11.6 Å². The summed E-state index contributed by atoms with van der Waals surface area (Å²) in [6, 6.07) is 13.1. The van der Waals surface area contributed by atoms with Gasteiger partial charge in [0.2, 0.25) is 5.91 Å². The lowest BCUT2D eigenvalue weighted by atomic mass is 10.2. The second-order valence-electron chi connectivity index (χ2n) is 5.51. The van der Waals surface area contributed by atoms with E-state index in [1.165, 1.54) is 0 Å². The van der Waals surface area contributed by atoms with Crippen LogP contribution in [0.5, 0.6) is 0 Å². The van der Waals surface area contributed by atoms with Crippen LogP contribution in [0.2, 0.25) is 5.02 Å². The van der Waals surface area contributed by atoms with E-state index in [-0.39, 0.29) is 12.5 Å². The third-order valence-corrected chi connectivity index (χ3v) is 3.90. The van der Waals surface area contributed by atoms with Crippen molar-refractivity contribution in [2.45, 2.75) is 13.5 Å². The molecule has 3 aromatic rings. The van der Waals surface area contributed by atoms with E-state index in [2.05, 4.69) is 26.2 Å². The number of hydrogen-bond acceptors (Lipinski definition) is 5. The molecule has 3 rings (SSSR count). The molecule has 1 heterocycles. The van der Waals surface area contributed by atoms with Crippen molar-refractivity contribution in [2.24, 2.45) is 0 Å². The van der Waals surface area contributed by atoms with Gasteiger partial charge in [-0.2, -0.15) is 0 Å². The molecule has 0 saturated heterocycles. The van der Waals surface area contributed by atoms with Gasteiger partial charge in [-0.05, 0) is 58.8 Å². The second kappa shape index (κ2) is 7.76. The summed E-state index contributed by atoms with van der Waals surface area (Å²) in [4.78, 5) is 12.0. The van der Waals surface area contributed by atoms with Crippen LogP contribution in [0.1, 0.15) is 11.1 Å². The van der Waals surface area contributed by atoms with Gasteiger partial charge in [-0.1, -0.05) is 23.7 Å². The fourth-order valence-electron chi connectivity index (χ4n) is 2.34. The van der Waals surface area contributed by atoms with E-state index in [1.54, 1.807) is 23.1 Å². The molecule has 1 amide bonds. The van der Waals surface area contributed by atoms with Crippen molar-refractivity contribution in [1.82, 2.24) is 25.5 Å². The van der Waals surface area contributed by atoms with Gasteiger partial charge in [0.05, 0.1) is 12.2 Å². The van der Waals surface area contributed by atoms with Crippen molar-refractivity contribution in [3.8, 4) is 5.69 Å². The number of hydrogen-bond donors (Lipinski definition) is 2. The Morgan fingerprint density at radius 3 is 2.68 bits per heavy atom. The van der Waals surface area contributed by atoms with Crippen molar-refractivity contribution in [3.63, 3.8) is 0 Å². The normalized spacial score (nSPS) is 10.5. The number of tetrazole rings is 1. The van der Waals surface area contributed by atoms with Crippen LogP contribution in [-0.4, -0.2) is 32.7 Å². The lowest BCUT2D eigenvalue weighted by Gasteiger charge is -2.10. The van der Waals surface area contributed by atoms with Crippen molar-refractivity contribution >= 4 is 23.2 Å². The molecule has 128 valence electrons. The first-order valence-electron chi connectivity index (χ1n) is 7.71. The summed E-state index contributed by atoms with van der Waals surface area (Å²) in [7, 11) is 0. The van der Waals surface area contributed by atoms with Gasteiger partial charge in [0.1, 0.15) is 6.33 Å². The molecule has 1 aromatic heterocycles. The zero-order valence-electron chi connectivity index (χ0n) is 13.6. The molecule has 0 fully saturated rings. The maximum Gasteiger partial charge on any atom is 0.239 e. The summed E-state index contributed by atoms with van der Waals surface area (Å²) < 4.78 is 1.60. The largest absolute Gasteiger partial charge is 0.376 e. The summed E-state index contributed by atoms with van der Waals surface area (Å²) in [5.41, 5.74) is 3.75.